The van der Waals surface area contributed by atoms with Crippen LogP contribution in [0, 0.1) is 11.3 Å². The Morgan fingerprint density at radius 3 is 2.81 bits per heavy atom. The monoisotopic (exact) mass is 223 g/mol. The van der Waals surface area contributed by atoms with Gasteiger partial charge in [0.15, 0.2) is 11.9 Å². The first-order valence-electron chi connectivity index (χ1n) is 6.14. The van der Waals surface area contributed by atoms with Gasteiger partial charge in [0.1, 0.15) is 0 Å². The largest absolute Gasteiger partial charge is 0.356 e. The molecule has 2 aliphatic heterocycles. The van der Waals surface area contributed by atoms with Gasteiger partial charge in [0.05, 0.1) is 0 Å². The Balaban J connectivity index is 1.82. The first kappa shape index (κ1) is 11.2. The van der Waals surface area contributed by atoms with Crippen LogP contribution in [0.3, 0.4) is 0 Å². The maximum Gasteiger partial charge on any atom is 0.198 e. The normalized spacial score (nSPS) is 25.7. The lowest BCUT2D eigenvalue weighted by molar-refractivity contribution is 0.333. The quantitative estimate of drug-likeness (QED) is 0.416. The number of rotatable bonds is 0. The average Bonchev–Trinajstić information content (AvgIpc) is 2.33. The van der Waals surface area contributed by atoms with Crippen molar-refractivity contribution in [3.8, 4) is 0 Å². The highest BCUT2D eigenvalue weighted by atomic mass is 15.3. The fraction of sp³-hybridized carbons (Fsp3) is 0.818. The molecule has 2 aliphatic rings. The van der Waals surface area contributed by atoms with Crippen LogP contribution in [0.4, 0.5) is 0 Å². The summed E-state index contributed by atoms with van der Waals surface area (Å²) in [6.45, 7) is 5.95. The molecule has 1 fully saturated rings. The Bertz CT molecular complexity index is 280. The molecular formula is C11H21N5. The number of nitrogens with zero attached hydrogens (tertiary/aromatic N) is 2. The van der Waals surface area contributed by atoms with Gasteiger partial charge in [0, 0.05) is 26.2 Å². The van der Waals surface area contributed by atoms with Gasteiger partial charge in [-0.1, -0.05) is 6.92 Å². The van der Waals surface area contributed by atoms with E-state index in [9.17, 15) is 0 Å². The zero-order valence-corrected chi connectivity index (χ0v) is 9.92. The van der Waals surface area contributed by atoms with Crippen LogP contribution in [0.15, 0.2) is 4.99 Å². The SMILES string of the molecule is CC1CN=C(NC(=N)N2CCCCC2)NC1. The minimum atomic E-state index is 0.487. The molecule has 5 heteroatoms. The third-order valence-electron chi connectivity index (χ3n) is 3.09. The third kappa shape index (κ3) is 2.87. The average molecular weight is 223 g/mol. The number of aliphatic imine (C=N–C) groups is 1. The molecule has 0 aromatic carbocycles. The highest BCUT2D eigenvalue weighted by Crippen LogP contribution is 2.08. The number of hydrogen-bond donors (Lipinski definition) is 3. The molecule has 0 aliphatic carbocycles. The summed E-state index contributed by atoms with van der Waals surface area (Å²) in [5.41, 5.74) is 0. The van der Waals surface area contributed by atoms with Crippen molar-refractivity contribution in [1.82, 2.24) is 15.5 Å². The molecule has 16 heavy (non-hydrogen) atoms. The molecule has 90 valence electrons. The van der Waals surface area contributed by atoms with Gasteiger partial charge in [-0.2, -0.15) is 0 Å². The zero-order chi connectivity index (χ0) is 11.4. The Kier molecular flexibility index (Phi) is 3.64. The Morgan fingerprint density at radius 2 is 2.19 bits per heavy atom. The number of piperidine rings is 1. The van der Waals surface area contributed by atoms with Gasteiger partial charge in [0.2, 0.25) is 0 Å². The first-order chi connectivity index (χ1) is 7.75. The maximum absolute atomic E-state index is 7.96. The second kappa shape index (κ2) is 5.18. The van der Waals surface area contributed by atoms with E-state index >= 15 is 0 Å². The molecule has 2 heterocycles. The highest BCUT2D eigenvalue weighted by molar-refractivity contribution is 5.97. The standard InChI is InChI=1S/C11H21N5/c1-9-7-13-11(14-8-9)15-10(12)16-5-3-2-4-6-16/h9H,2-8H2,1H3,(H3,12,13,14,15). The predicted molar refractivity (Wildman–Crippen MR) is 65.8 cm³/mol. The number of guanidine groups is 2. The Morgan fingerprint density at radius 1 is 1.44 bits per heavy atom. The summed E-state index contributed by atoms with van der Waals surface area (Å²) in [6, 6.07) is 0. The van der Waals surface area contributed by atoms with Crippen molar-refractivity contribution in [2.24, 2.45) is 10.9 Å². The third-order valence-corrected chi connectivity index (χ3v) is 3.09. The Labute approximate surface area is 96.8 Å². The summed E-state index contributed by atoms with van der Waals surface area (Å²) in [7, 11) is 0. The molecular weight excluding hydrogens is 202 g/mol. The van der Waals surface area contributed by atoms with E-state index in [0.29, 0.717) is 11.9 Å². The molecule has 5 nitrogen and oxygen atoms in total. The van der Waals surface area contributed by atoms with E-state index < -0.39 is 0 Å². The van der Waals surface area contributed by atoms with Gasteiger partial charge in [-0.05, 0) is 25.2 Å². The van der Waals surface area contributed by atoms with Crippen molar-refractivity contribution in [3.63, 3.8) is 0 Å². The van der Waals surface area contributed by atoms with E-state index in [1.54, 1.807) is 0 Å². The summed E-state index contributed by atoms with van der Waals surface area (Å²) in [5, 5.41) is 14.2. The second-order valence-corrected chi connectivity index (χ2v) is 4.70. The summed E-state index contributed by atoms with van der Waals surface area (Å²) in [4.78, 5) is 6.46. The lowest BCUT2D eigenvalue weighted by atomic mass is 10.1. The van der Waals surface area contributed by atoms with Crippen molar-refractivity contribution >= 4 is 11.9 Å². The van der Waals surface area contributed by atoms with E-state index in [4.69, 9.17) is 5.41 Å². The van der Waals surface area contributed by atoms with Crippen molar-refractivity contribution in [2.75, 3.05) is 26.2 Å². The number of hydrogen-bond acceptors (Lipinski definition) is 3. The van der Waals surface area contributed by atoms with E-state index in [-0.39, 0.29) is 0 Å². The van der Waals surface area contributed by atoms with Crippen LogP contribution >= 0.6 is 0 Å². The smallest absolute Gasteiger partial charge is 0.198 e. The van der Waals surface area contributed by atoms with Gasteiger partial charge in [-0.15, -0.1) is 0 Å². The number of likely N-dealkylation sites (tertiary alicyclic amines) is 1. The van der Waals surface area contributed by atoms with Crippen molar-refractivity contribution in [2.45, 2.75) is 26.2 Å². The second-order valence-electron chi connectivity index (χ2n) is 4.70. The zero-order valence-electron chi connectivity index (χ0n) is 9.92. The van der Waals surface area contributed by atoms with Crippen molar-refractivity contribution in [1.29, 1.82) is 5.41 Å². The molecule has 2 rings (SSSR count). The van der Waals surface area contributed by atoms with Crippen LogP contribution in [0.5, 0.6) is 0 Å². The molecule has 1 saturated heterocycles. The van der Waals surface area contributed by atoms with Gasteiger partial charge in [0.25, 0.3) is 0 Å². The van der Waals surface area contributed by atoms with Gasteiger partial charge in [-0.3, -0.25) is 15.7 Å². The molecule has 1 unspecified atom stereocenters. The van der Waals surface area contributed by atoms with Crippen LogP contribution in [-0.2, 0) is 0 Å². The number of nitrogens with one attached hydrogen (secondary N) is 3. The summed E-state index contributed by atoms with van der Waals surface area (Å²) in [6.07, 6.45) is 3.68. The molecule has 0 radical (unpaired) electrons. The van der Waals surface area contributed by atoms with Crippen LogP contribution in [0.2, 0.25) is 0 Å². The maximum atomic E-state index is 7.96. The molecule has 1 atom stereocenters. The van der Waals surface area contributed by atoms with E-state index in [1.165, 1.54) is 19.3 Å². The molecule has 0 saturated carbocycles. The highest BCUT2D eigenvalue weighted by Gasteiger charge is 2.16. The molecule has 0 aromatic rings. The van der Waals surface area contributed by atoms with E-state index in [2.05, 4.69) is 27.4 Å². The lowest BCUT2D eigenvalue weighted by Crippen LogP contribution is -2.51. The fourth-order valence-electron chi connectivity index (χ4n) is 2.03. The molecule has 3 N–H and O–H groups in total. The van der Waals surface area contributed by atoms with Gasteiger partial charge < -0.3 is 10.2 Å². The minimum Gasteiger partial charge on any atom is -0.356 e. The van der Waals surface area contributed by atoms with Crippen LogP contribution < -0.4 is 10.6 Å². The first-order valence-corrected chi connectivity index (χ1v) is 6.14. The van der Waals surface area contributed by atoms with Crippen LogP contribution in [-0.4, -0.2) is 43.0 Å². The topological polar surface area (TPSA) is 63.5 Å². The molecule has 0 aromatic heterocycles. The Hall–Kier alpha value is -1.26. The van der Waals surface area contributed by atoms with Crippen molar-refractivity contribution in [3.05, 3.63) is 0 Å². The van der Waals surface area contributed by atoms with Crippen LogP contribution in [0.1, 0.15) is 26.2 Å². The van der Waals surface area contributed by atoms with Gasteiger partial charge in [-0.25, -0.2) is 0 Å². The minimum absolute atomic E-state index is 0.487. The van der Waals surface area contributed by atoms with Crippen molar-refractivity contribution < 1.29 is 0 Å². The van der Waals surface area contributed by atoms with Crippen LogP contribution in [0.25, 0.3) is 0 Å². The molecule has 0 spiro atoms. The van der Waals surface area contributed by atoms with E-state index in [0.717, 1.165) is 32.1 Å². The summed E-state index contributed by atoms with van der Waals surface area (Å²) < 4.78 is 0. The molecule has 0 amide bonds. The summed E-state index contributed by atoms with van der Waals surface area (Å²) in [5.74, 6) is 1.84. The van der Waals surface area contributed by atoms with E-state index in [1.807, 2.05) is 0 Å². The fourth-order valence-corrected chi connectivity index (χ4v) is 2.03. The summed E-state index contributed by atoms with van der Waals surface area (Å²) >= 11 is 0. The van der Waals surface area contributed by atoms with Gasteiger partial charge >= 0.3 is 0 Å². The predicted octanol–water partition coefficient (Wildman–Crippen LogP) is 0.592. The molecule has 0 bridgehead atoms. The lowest BCUT2D eigenvalue weighted by Gasteiger charge is -2.30.